The van der Waals surface area contributed by atoms with Gasteiger partial charge in [0.15, 0.2) is 0 Å². The summed E-state index contributed by atoms with van der Waals surface area (Å²) in [5, 5.41) is 8.99. The summed E-state index contributed by atoms with van der Waals surface area (Å²) in [7, 11) is 0. The Bertz CT molecular complexity index is 384. The van der Waals surface area contributed by atoms with Crippen LogP contribution in [0.2, 0.25) is 0 Å². The molecule has 1 aromatic heterocycles. The Morgan fingerprint density at radius 2 is 2.20 bits per heavy atom. The SMILES string of the molecule is N#CC(CBr)c1ccnc(C(F)(F)F)c1. The molecule has 80 valence electrons. The topological polar surface area (TPSA) is 36.7 Å². The van der Waals surface area contributed by atoms with Gasteiger partial charge < -0.3 is 0 Å². The molecule has 1 aromatic rings. The Morgan fingerprint density at radius 1 is 1.53 bits per heavy atom. The molecule has 1 unspecified atom stereocenters. The van der Waals surface area contributed by atoms with Crippen LogP contribution in [0.1, 0.15) is 17.2 Å². The van der Waals surface area contributed by atoms with Gasteiger partial charge in [0, 0.05) is 11.5 Å². The van der Waals surface area contributed by atoms with Crippen LogP contribution in [-0.2, 0) is 6.18 Å². The van der Waals surface area contributed by atoms with Crippen LogP contribution in [0, 0.1) is 11.3 Å². The molecule has 0 aliphatic rings. The van der Waals surface area contributed by atoms with Crippen LogP contribution in [0.4, 0.5) is 13.2 Å². The summed E-state index contributed by atoms with van der Waals surface area (Å²) in [6, 6.07) is 4.21. The minimum absolute atomic E-state index is 0.296. The molecule has 0 N–H and O–H groups in total. The van der Waals surface area contributed by atoms with E-state index in [1.165, 1.54) is 6.07 Å². The first kappa shape index (κ1) is 12.0. The lowest BCUT2D eigenvalue weighted by Crippen LogP contribution is -2.09. The summed E-state index contributed by atoms with van der Waals surface area (Å²) in [5.41, 5.74) is -0.655. The number of nitrogens with zero attached hydrogens (tertiary/aromatic N) is 2. The van der Waals surface area contributed by atoms with Crippen molar-refractivity contribution < 1.29 is 13.2 Å². The van der Waals surface area contributed by atoms with Gasteiger partial charge in [0.25, 0.3) is 0 Å². The second-order valence-electron chi connectivity index (χ2n) is 2.81. The Balaban J connectivity index is 3.09. The number of aromatic nitrogens is 1. The van der Waals surface area contributed by atoms with Gasteiger partial charge in [0.2, 0.25) is 0 Å². The van der Waals surface area contributed by atoms with Crippen molar-refractivity contribution in [3.05, 3.63) is 29.6 Å². The summed E-state index contributed by atoms with van der Waals surface area (Å²) in [4.78, 5) is 3.21. The fraction of sp³-hybridized carbons (Fsp3) is 0.333. The molecule has 0 aliphatic carbocycles. The largest absolute Gasteiger partial charge is 0.433 e. The lowest BCUT2D eigenvalue weighted by molar-refractivity contribution is -0.141. The van der Waals surface area contributed by atoms with Crippen molar-refractivity contribution in [1.82, 2.24) is 4.98 Å². The highest BCUT2D eigenvalue weighted by Gasteiger charge is 2.32. The van der Waals surface area contributed by atoms with Gasteiger partial charge in [-0.3, -0.25) is 4.98 Å². The molecule has 6 heteroatoms. The molecule has 1 heterocycles. The quantitative estimate of drug-likeness (QED) is 0.780. The van der Waals surface area contributed by atoms with E-state index < -0.39 is 17.8 Å². The fourth-order valence-electron chi connectivity index (χ4n) is 1.02. The number of alkyl halides is 4. The van der Waals surface area contributed by atoms with Gasteiger partial charge in [-0.2, -0.15) is 18.4 Å². The van der Waals surface area contributed by atoms with Gasteiger partial charge in [-0.25, -0.2) is 0 Å². The van der Waals surface area contributed by atoms with Gasteiger partial charge in [0.05, 0.1) is 12.0 Å². The molecule has 15 heavy (non-hydrogen) atoms. The number of halogens is 4. The number of nitriles is 1. The van der Waals surface area contributed by atoms with Crippen LogP contribution < -0.4 is 0 Å². The van der Waals surface area contributed by atoms with Gasteiger partial charge in [-0.05, 0) is 17.7 Å². The molecule has 0 aliphatic heterocycles. The molecule has 1 rings (SSSR count). The zero-order valence-electron chi connectivity index (χ0n) is 7.42. The van der Waals surface area contributed by atoms with Gasteiger partial charge >= 0.3 is 6.18 Å². The van der Waals surface area contributed by atoms with E-state index >= 15 is 0 Å². The molecule has 1 atom stereocenters. The van der Waals surface area contributed by atoms with E-state index in [1.54, 1.807) is 0 Å². The monoisotopic (exact) mass is 278 g/mol. The maximum atomic E-state index is 12.3. The molecule has 0 amide bonds. The summed E-state index contributed by atoms with van der Waals surface area (Å²) in [6.45, 7) is 0. The summed E-state index contributed by atoms with van der Waals surface area (Å²) >= 11 is 3.06. The predicted molar refractivity (Wildman–Crippen MR) is 51.4 cm³/mol. The van der Waals surface area contributed by atoms with Crippen LogP contribution in [0.15, 0.2) is 18.3 Å². The Kier molecular flexibility index (Phi) is 3.69. The van der Waals surface area contributed by atoms with Crippen LogP contribution in [0.3, 0.4) is 0 Å². The molecule has 2 nitrogen and oxygen atoms in total. The van der Waals surface area contributed by atoms with E-state index in [2.05, 4.69) is 20.9 Å². The van der Waals surface area contributed by atoms with Crippen LogP contribution in [0.5, 0.6) is 0 Å². The Morgan fingerprint density at radius 3 is 2.67 bits per heavy atom. The number of rotatable bonds is 2. The van der Waals surface area contributed by atoms with Crippen molar-refractivity contribution >= 4 is 15.9 Å². The lowest BCUT2D eigenvalue weighted by atomic mass is 10.0. The third kappa shape index (κ3) is 2.93. The van der Waals surface area contributed by atoms with Crippen LogP contribution in [0.25, 0.3) is 0 Å². The summed E-state index contributed by atoms with van der Waals surface area (Å²) in [6.07, 6.45) is -3.41. The van der Waals surface area contributed by atoms with Crippen LogP contribution in [-0.4, -0.2) is 10.3 Å². The second-order valence-corrected chi connectivity index (χ2v) is 3.46. The maximum absolute atomic E-state index is 12.3. The maximum Gasteiger partial charge on any atom is 0.433 e. The summed E-state index contributed by atoms with van der Waals surface area (Å²) in [5.74, 6) is -0.589. The molecule has 0 radical (unpaired) electrons. The van der Waals surface area contributed by atoms with Crippen molar-refractivity contribution in [2.75, 3.05) is 5.33 Å². The average Bonchev–Trinajstić information content (AvgIpc) is 2.19. The highest BCUT2D eigenvalue weighted by molar-refractivity contribution is 9.09. The van der Waals surface area contributed by atoms with Crippen molar-refractivity contribution in [3.8, 4) is 6.07 Å². The standard InChI is InChI=1S/C9H6BrF3N2/c10-4-7(5-14)6-1-2-15-8(3-6)9(11,12)13/h1-3,7H,4H2. The van der Waals surface area contributed by atoms with Gasteiger partial charge in [-0.15, -0.1) is 0 Å². The Hall–Kier alpha value is -1.09. The van der Waals surface area contributed by atoms with E-state index in [0.717, 1.165) is 12.3 Å². The Labute approximate surface area is 92.9 Å². The minimum atomic E-state index is -4.47. The number of hydrogen-bond donors (Lipinski definition) is 0. The molecule has 0 saturated heterocycles. The molecular weight excluding hydrogens is 273 g/mol. The van der Waals surface area contributed by atoms with Crippen molar-refractivity contribution in [3.63, 3.8) is 0 Å². The molecule has 0 aromatic carbocycles. The fourth-order valence-corrected chi connectivity index (χ4v) is 1.54. The van der Waals surface area contributed by atoms with E-state index in [9.17, 15) is 13.2 Å². The van der Waals surface area contributed by atoms with Crippen molar-refractivity contribution in [2.24, 2.45) is 0 Å². The molecule has 0 bridgehead atoms. The first-order chi connectivity index (χ1) is 6.99. The molecule has 0 spiro atoms. The van der Waals surface area contributed by atoms with Gasteiger partial charge in [0.1, 0.15) is 5.69 Å². The van der Waals surface area contributed by atoms with Crippen molar-refractivity contribution in [2.45, 2.75) is 12.1 Å². The third-order valence-corrected chi connectivity index (χ3v) is 2.43. The number of pyridine rings is 1. The zero-order chi connectivity index (χ0) is 11.5. The third-order valence-electron chi connectivity index (χ3n) is 1.79. The highest BCUT2D eigenvalue weighted by atomic mass is 79.9. The van der Waals surface area contributed by atoms with Crippen molar-refractivity contribution in [1.29, 1.82) is 5.26 Å². The average molecular weight is 279 g/mol. The van der Waals surface area contributed by atoms with E-state index in [0.29, 0.717) is 10.9 Å². The van der Waals surface area contributed by atoms with Crippen LogP contribution >= 0.6 is 15.9 Å². The first-order valence-electron chi connectivity index (χ1n) is 3.97. The van der Waals surface area contributed by atoms with E-state index in [1.807, 2.05) is 6.07 Å². The normalized spacial score (nSPS) is 13.3. The minimum Gasteiger partial charge on any atom is -0.252 e. The summed E-state index contributed by atoms with van der Waals surface area (Å²) < 4.78 is 36.8. The second kappa shape index (κ2) is 4.62. The smallest absolute Gasteiger partial charge is 0.252 e. The van der Waals surface area contributed by atoms with Gasteiger partial charge in [-0.1, -0.05) is 15.9 Å². The van der Waals surface area contributed by atoms with E-state index in [4.69, 9.17) is 5.26 Å². The lowest BCUT2D eigenvalue weighted by Gasteiger charge is -2.09. The zero-order valence-corrected chi connectivity index (χ0v) is 9.01. The predicted octanol–water partition coefficient (Wildman–Crippen LogP) is 3.10. The molecule has 0 saturated carbocycles. The number of hydrogen-bond acceptors (Lipinski definition) is 2. The molecular formula is C9H6BrF3N2. The highest BCUT2D eigenvalue weighted by Crippen LogP contribution is 2.29. The first-order valence-corrected chi connectivity index (χ1v) is 5.10. The molecule has 0 fully saturated rings. The van der Waals surface area contributed by atoms with E-state index in [-0.39, 0.29) is 0 Å².